The summed E-state index contributed by atoms with van der Waals surface area (Å²) in [6.07, 6.45) is 1.63. The molecule has 0 aliphatic carbocycles. The van der Waals surface area contributed by atoms with Crippen molar-refractivity contribution >= 4 is 5.95 Å². The van der Waals surface area contributed by atoms with Gasteiger partial charge in [0.15, 0.2) is 5.82 Å². The lowest BCUT2D eigenvalue weighted by Gasteiger charge is -2.10. The minimum Gasteiger partial charge on any atom is -0.357 e. The van der Waals surface area contributed by atoms with Gasteiger partial charge in [-0.3, -0.25) is 0 Å². The van der Waals surface area contributed by atoms with Gasteiger partial charge < -0.3 is 5.32 Å². The van der Waals surface area contributed by atoms with Crippen LogP contribution >= 0.6 is 0 Å². The zero-order valence-corrected chi connectivity index (χ0v) is 13.8. The first-order valence-corrected chi connectivity index (χ1v) is 7.91. The Kier molecular flexibility index (Phi) is 4.06. The standard InChI is InChI=1S/C18H14FN7/c1-20-18-21-11-15(16(22-18)12-6-5-7-13(19)10-12)17-23-24-25-26(17)14-8-3-2-4-9-14/h2-11H,1H3,(H,20,21,22). The van der Waals surface area contributed by atoms with Gasteiger partial charge in [-0.2, -0.15) is 4.68 Å². The minimum atomic E-state index is -0.347. The molecule has 4 rings (SSSR count). The third-order valence-corrected chi connectivity index (χ3v) is 3.82. The van der Waals surface area contributed by atoms with Crippen LogP contribution in [0, 0.1) is 5.82 Å². The molecule has 2 heterocycles. The zero-order chi connectivity index (χ0) is 17.9. The Morgan fingerprint density at radius 1 is 1.04 bits per heavy atom. The molecule has 0 saturated carbocycles. The maximum Gasteiger partial charge on any atom is 0.222 e. The van der Waals surface area contributed by atoms with E-state index in [0.29, 0.717) is 28.6 Å². The van der Waals surface area contributed by atoms with Gasteiger partial charge >= 0.3 is 0 Å². The van der Waals surface area contributed by atoms with E-state index in [0.717, 1.165) is 5.69 Å². The molecule has 0 bridgehead atoms. The van der Waals surface area contributed by atoms with Crippen molar-refractivity contribution in [2.75, 3.05) is 12.4 Å². The Bertz CT molecular complexity index is 1050. The number of aromatic nitrogens is 6. The molecule has 2 aromatic carbocycles. The summed E-state index contributed by atoms with van der Waals surface area (Å²) >= 11 is 0. The Labute approximate surface area is 148 Å². The Morgan fingerprint density at radius 2 is 1.88 bits per heavy atom. The Balaban J connectivity index is 1.92. The van der Waals surface area contributed by atoms with Crippen molar-refractivity contribution in [3.8, 4) is 28.3 Å². The molecule has 7 nitrogen and oxygen atoms in total. The number of anilines is 1. The number of hydrogen-bond acceptors (Lipinski definition) is 6. The number of para-hydroxylation sites is 1. The number of nitrogens with one attached hydrogen (secondary N) is 1. The third-order valence-electron chi connectivity index (χ3n) is 3.82. The maximum atomic E-state index is 13.7. The molecule has 2 aromatic heterocycles. The Morgan fingerprint density at radius 3 is 2.65 bits per heavy atom. The molecule has 0 amide bonds. The van der Waals surface area contributed by atoms with Gasteiger partial charge in [-0.25, -0.2) is 14.4 Å². The molecule has 0 radical (unpaired) electrons. The van der Waals surface area contributed by atoms with Gasteiger partial charge in [0.25, 0.3) is 0 Å². The van der Waals surface area contributed by atoms with E-state index in [-0.39, 0.29) is 5.82 Å². The van der Waals surface area contributed by atoms with E-state index in [1.54, 1.807) is 30.1 Å². The number of nitrogens with zero attached hydrogens (tertiary/aromatic N) is 6. The second kappa shape index (κ2) is 6.67. The summed E-state index contributed by atoms with van der Waals surface area (Å²) in [7, 11) is 1.72. The molecule has 0 saturated heterocycles. The smallest absolute Gasteiger partial charge is 0.222 e. The molecular formula is C18H14FN7. The van der Waals surface area contributed by atoms with Crippen LogP contribution in [0.5, 0.6) is 0 Å². The van der Waals surface area contributed by atoms with Crippen molar-refractivity contribution in [1.29, 1.82) is 0 Å². The van der Waals surface area contributed by atoms with Gasteiger partial charge in [-0.15, -0.1) is 5.10 Å². The number of hydrogen-bond donors (Lipinski definition) is 1. The van der Waals surface area contributed by atoms with Crippen LogP contribution in [-0.2, 0) is 0 Å². The van der Waals surface area contributed by atoms with Crippen molar-refractivity contribution in [1.82, 2.24) is 30.2 Å². The van der Waals surface area contributed by atoms with Gasteiger partial charge in [0.05, 0.1) is 16.9 Å². The SMILES string of the molecule is CNc1ncc(-c2nnnn2-c2ccccc2)c(-c2cccc(F)c2)n1. The number of halogens is 1. The van der Waals surface area contributed by atoms with E-state index in [1.165, 1.54) is 12.1 Å². The van der Waals surface area contributed by atoms with Gasteiger partial charge in [0.2, 0.25) is 5.95 Å². The molecule has 1 N–H and O–H groups in total. The molecule has 8 heteroatoms. The van der Waals surface area contributed by atoms with Crippen molar-refractivity contribution in [2.45, 2.75) is 0 Å². The number of rotatable bonds is 4. The molecule has 128 valence electrons. The lowest BCUT2D eigenvalue weighted by Crippen LogP contribution is -2.04. The molecule has 0 fully saturated rings. The summed E-state index contributed by atoms with van der Waals surface area (Å²) < 4.78 is 15.3. The highest BCUT2D eigenvalue weighted by molar-refractivity contribution is 5.78. The first-order chi connectivity index (χ1) is 12.8. The second-order valence-electron chi connectivity index (χ2n) is 5.47. The highest BCUT2D eigenvalue weighted by atomic mass is 19.1. The molecule has 0 unspecified atom stereocenters. The van der Waals surface area contributed by atoms with E-state index < -0.39 is 0 Å². The summed E-state index contributed by atoms with van der Waals surface area (Å²) in [6, 6.07) is 15.7. The van der Waals surface area contributed by atoms with Crippen LogP contribution < -0.4 is 5.32 Å². The predicted molar refractivity (Wildman–Crippen MR) is 95.1 cm³/mol. The largest absolute Gasteiger partial charge is 0.357 e. The minimum absolute atomic E-state index is 0.347. The van der Waals surface area contributed by atoms with Gasteiger partial charge in [0.1, 0.15) is 5.82 Å². The van der Waals surface area contributed by atoms with Crippen LogP contribution in [-0.4, -0.2) is 37.2 Å². The van der Waals surface area contributed by atoms with Gasteiger partial charge in [-0.1, -0.05) is 30.3 Å². The quantitative estimate of drug-likeness (QED) is 0.611. The average Bonchev–Trinajstić information content (AvgIpc) is 3.18. The van der Waals surface area contributed by atoms with Crippen LogP contribution in [0.4, 0.5) is 10.3 Å². The normalized spacial score (nSPS) is 10.7. The van der Waals surface area contributed by atoms with E-state index in [4.69, 9.17) is 0 Å². The lowest BCUT2D eigenvalue weighted by molar-refractivity contribution is 0.628. The van der Waals surface area contributed by atoms with Crippen LogP contribution in [0.1, 0.15) is 0 Å². The summed E-state index contributed by atoms with van der Waals surface area (Å²) in [6.45, 7) is 0. The monoisotopic (exact) mass is 347 g/mol. The van der Waals surface area contributed by atoms with Crippen molar-refractivity contribution in [2.24, 2.45) is 0 Å². The fraction of sp³-hybridized carbons (Fsp3) is 0.0556. The first-order valence-electron chi connectivity index (χ1n) is 7.91. The van der Waals surface area contributed by atoms with Crippen LogP contribution in [0.25, 0.3) is 28.3 Å². The molecular weight excluding hydrogens is 333 g/mol. The Hall–Kier alpha value is -3.68. The predicted octanol–water partition coefficient (Wildman–Crippen LogP) is 2.97. The maximum absolute atomic E-state index is 13.7. The molecule has 26 heavy (non-hydrogen) atoms. The lowest BCUT2D eigenvalue weighted by atomic mass is 10.1. The van der Waals surface area contributed by atoms with Crippen molar-refractivity contribution in [3.63, 3.8) is 0 Å². The molecule has 0 aliphatic heterocycles. The van der Waals surface area contributed by atoms with Gasteiger partial charge in [-0.05, 0) is 34.7 Å². The second-order valence-corrected chi connectivity index (χ2v) is 5.47. The molecule has 0 spiro atoms. The third kappa shape index (κ3) is 2.88. The highest BCUT2D eigenvalue weighted by Gasteiger charge is 2.18. The zero-order valence-electron chi connectivity index (χ0n) is 13.8. The molecule has 0 atom stereocenters. The van der Waals surface area contributed by atoms with Crippen LogP contribution in [0.3, 0.4) is 0 Å². The highest BCUT2D eigenvalue weighted by Crippen LogP contribution is 2.30. The van der Waals surface area contributed by atoms with Gasteiger partial charge in [0, 0.05) is 18.8 Å². The average molecular weight is 347 g/mol. The van der Waals surface area contributed by atoms with Crippen molar-refractivity contribution < 1.29 is 4.39 Å². The van der Waals surface area contributed by atoms with E-state index >= 15 is 0 Å². The fourth-order valence-corrected chi connectivity index (χ4v) is 2.62. The number of benzene rings is 2. The summed E-state index contributed by atoms with van der Waals surface area (Å²) in [4.78, 5) is 8.77. The summed E-state index contributed by atoms with van der Waals surface area (Å²) in [5.41, 5.74) is 2.55. The molecule has 0 aliphatic rings. The van der Waals surface area contributed by atoms with Crippen molar-refractivity contribution in [3.05, 3.63) is 66.6 Å². The summed E-state index contributed by atoms with van der Waals surface area (Å²) in [5, 5.41) is 14.9. The van der Waals surface area contributed by atoms with Crippen LogP contribution in [0.2, 0.25) is 0 Å². The van der Waals surface area contributed by atoms with E-state index in [1.807, 2.05) is 30.3 Å². The van der Waals surface area contributed by atoms with E-state index in [9.17, 15) is 4.39 Å². The molecule has 4 aromatic rings. The van der Waals surface area contributed by atoms with Crippen LogP contribution in [0.15, 0.2) is 60.8 Å². The topological polar surface area (TPSA) is 81.4 Å². The number of tetrazole rings is 1. The summed E-state index contributed by atoms with van der Waals surface area (Å²) in [5.74, 6) is 0.547. The van der Waals surface area contributed by atoms with E-state index in [2.05, 4.69) is 30.8 Å². The fourth-order valence-electron chi connectivity index (χ4n) is 2.62. The first kappa shape index (κ1) is 15.8.